The molecule has 3 heterocycles. The van der Waals surface area contributed by atoms with Gasteiger partial charge in [0.25, 0.3) is 5.91 Å². The van der Waals surface area contributed by atoms with E-state index in [2.05, 4.69) is 4.90 Å². The first-order valence-electron chi connectivity index (χ1n) is 13.5. The fraction of sp³-hybridized carbons (Fsp3) is 0.500. The standard InChI is InChI=1S/C28H36N4O5S2.ClH/c1-21-7-12-24(36-2)25-26(21)38-28(29-25)32(16-6-13-30-17-19-37-20-18-30)27(33)22-8-10-23(11-9-22)39(34,35)31-14-4-3-5-15-31;/h7-12H,3-6,13-20H2,1-2H3;1H. The average Bonchev–Trinajstić information content (AvgIpc) is 3.42. The first kappa shape index (κ1) is 30.7. The van der Waals surface area contributed by atoms with Crippen LogP contribution in [0.1, 0.15) is 41.6 Å². The van der Waals surface area contributed by atoms with Gasteiger partial charge in [-0.2, -0.15) is 4.31 Å². The molecule has 40 heavy (non-hydrogen) atoms. The fourth-order valence-corrected chi connectivity index (χ4v) is 7.71. The molecule has 2 aliphatic rings. The van der Waals surface area contributed by atoms with E-state index < -0.39 is 10.0 Å². The lowest BCUT2D eigenvalue weighted by atomic mass is 10.2. The first-order valence-corrected chi connectivity index (χ1v) is 15.8. The number of ether oxygens (including phenoxy) is 2. The molecule has 0 N–H and O–H groups in total. The molecular weight excluding hydrogens is 572 g/mol. The summed E-state index contributed by atoms with van der Waals surface area (Å²) >= 11 is 1.47. The molecule has 218 valence electrons. The lowest BCUT2D eigenvalue weighted by Crippen LogP contribution is -2.39. The van der Waals surface area contributed by atoms with E-state index in [0.29, 0.717) is 36.1 Å². The van der Waals surface area contributed by atoms with Crippen LogP contribution in [0.4, 0.5) is 5.13 Å². The molecule has 2 saturated heterocycles. The number of aryl methyl sites for hydroxylation is 1. The lowest BCUT2D eigenvalue weighted by molar-refractivity contribution is 0.0376. The number of halogens is 1. The smallest absolute Gasteiger partial charge is 0.260 e. The van der Waals surface area contributed by atoms with Crippen molar-refractivity contribution in [1.82, 2.24) is 14.2 Å². The second-order valence-corrected chi connectivity index (χ2v) is 12.9. The van der Waals surface area contributed by atoms with Crippen LogP contribution in [0, 0.1) is 6.92 Å². The monoisotopic (exact) mass is 608 g/mol. The number of benzene rings is 2. The second kappa shape index (κ2) is 13.6. The van der Waals surface area contributed by atoms with Gasteiger partial charge in [-0.1, -0.05) is 23.8 Å². The SMILES string of the molecule is COc1ccc(C)c2sc(N(CCCN3CCOCC3)C(=O)c3ccc(S(=O)(=O)N4CCCCC4)cc3)nc12.Cl. The molecule has 9 nitrogen and oxygen atoms in total. The van der Waals surface area contributed by atoms with Crippen LogP contribution in [-0.4, -0.2) is 88.1 Å². The zero-order valence-corrected chi connectivity index (χ0v) is 25.5. The zero-order valence-electron chi connectivity index (χ0n) is 23.0. The van der Waals surface area contributed by atoms with Crippen LogP contribution in [0.25, 0.3) is 10.2 Å². The molecule has 12 heteroatoms. The van der Waals surface area contributed by atoms with Crippen molar-refractivity contribution in [3.8, 4) is 5.75 Å². The molecule has 0 bridgehead atoms. The summed E-state index contributed by atoms with van der Waals surface area (Å²) in [4.78, 5) is 23.0. The Morgan fingerprint density at radius 2 is 1.75 bits per heavy atom. The van der Waals surface area contributed by atoms with Crippen LogP contribution < -0.4 is 9.64 Å². The molecule has 0 radical (unpaired) electrons. The molecule has 0 spiro atoms. The minimum absolute atomic E-state index is 0. The van der Waals surface area contributed by atoms with E-state index in [1.54, 1.807) is 40.6 Å². The molecule has 2 aliphatic heterocycles. The summed E-state index contributed by atoms with van der Waals surface area (Å²) in [5.41, 5.74) is 2.25. The molecule has 1 amide bonds. The Morgan fingerprint density at radius 1 is 1.05 bits per heavy atom. The van der Waals surface area contributed by atoms with Gasteiger partial charge in [0.15, 0.2) is 5.13 Å². The number of carbonyl (C=O) groups excluding carboxylic acids is 1. The highest BCUT2D eigenvalue weighted by molar-refractivity contribution is 7.89. The van der Waals surface area contributed by atoms with Gasteiger partial charge in [-0.05, 0) is 62.1 Å². The number of sulfonamides is 1. The molecule has 2 fully saturated rings. The highest BCUT2D eigenvalue weighted by Crippen LogP contribution is 2.37. The van der Waals surface area contributed by atoms with E-state index in [-0.39, 0.29) is 23.2 Å². The number of nitrogens with zero attached hydrogens (tertiary/aromatic N) is 4. The molecule has 1 aromatic heterocycles. The summed E-state index contributed by atoms with van der Waals surface area (Å²) in [7, 11) is -1.95. The van der Waals surface area contributed by atoms with E-state index in [1.807, 2.05) is 19.1 Å². The van der Waals surface area contributed by atoms with Crippen LogP contribution in [-0.2, 0) is 14.8 Å². The van der Waals surface area contributed by atoms with Gasteiger partial charge >= 0.3 is 0 Å². The van der Waals surface area contributed by atoms with Crippen LogP contribution in [0.3, 0.4) is 0 Å². The minimum Gasteiger partial charge on any atom is -0.494 e. The maximum atomic E-state index is 13.9. The Kier molecular flexibility index (Phi) is 10.4. The van der Waals surface area contributed by atoms with Gasteiger partial charge in [0.2, 0.25) is 10.0 Å². The maximum Gasteiger partial charge on any atom is 0.260 e. The molecule has 5 rings (SSSR count). The van der Waals surface area contributed by atoms with Crippen molar-refractivity contribution in [2.24, 2.45) is 0 Å². The third kappa shape index (κ3) is 6.61. The maximum absolute atomic E-state index is 13.9. The Bertz CT molecular complexity index is 1400. The van der Waals surface area contributed by atoms with Crippen molar-refractivity contribution < 1.29 is 22.7 Å². The summed E-state index contributed by atoms with van der Waals surface area (Å²) in [6.45, 7) is 7.69. The number of thiazole rings is 1. The zero-order chi connectivity index (χ0) is 27.4. The van der Waals surface area contributed by atoms with E-state index in [9.17, 15) is 13.2 Å². The van der Waals surface area contributed by atoms with Gasteiger partial charge in [-0.15, -0.1) is 12.4 Å². The van der Waals surface area contributed by atoms with Crippen molar-refractivity contribution in [3.05, 3.63) is 47.5 Å². The number of morpholine rings is 1. The predicted molar refractivity (Wildman–Crippen MR) is 161 cm³/mol. The Labute approximate surface area is 246 Å². The quantitative estimate of drug-likeness (QED) is 0.351. The summed E-state index contributed by atoms with van der Waals surface area (Å²) < 4.78 is 39.7. The third-order valence-corrected chi connectivity index (χ3v) is 10.5. The predicted octanol–water partition coefficient (Wildman–Crippen LogP) is 4.58. The Morgan fingerprint density at radius 3 is 2.42 bits per heavy atom. The molecular formula is C28H37ClN4O5S2. The molecule has 3 aromatic rings. The van der Waals surface area contributed by atoms with Gasteiger partial charge < -0.3 is 9.47 Å². The van der Waals surface area contributed by atoms with Gasteiger partial charge in [0.05, 0.1) is 29.9 Å². The summed E-state index contributed by atoms with van der Waals surface area (Å²) in [6, 6.07) is 10.2. The van der Waals surface area contributed by atoms with Gasteiger partial charge in [-0.3, -0.25) is 14.6 Å². The number of rotatable bonds is 9. The van der Waals surface area contributed by atoms with Gasteiger partial charge in [0, 0.05) is 44.8 Å². The van der Waals surface area contributed by atoms with Crippen LogP contribution >= 0.6 is 23.7 Å². The second-order valence-electron chi connectivity index (χ2n) is 10.0. The van der Waals surface area contributed by atoms with E-state index >= 15 is 0 Å². The molecule has 0 atom stereocenters. The normalized spacial score (nSPS) is 16.9. The highest BCUT2D eigenvalue weighted by Gasteiger charge is 2.27. The number of piperidine rings is 1. The number of amides is 1. The summed E-state index contributed by atoms with van der Waals surface area (Å²) in [5, 5.41) is 0.606. The van der Waals surface area contributed by atoms with Crippen molar-refractivity contribution in [1.29, 1.82) is 0 Å². The largest absolute Gasteiger partial charge is 0.494 e. The topological polar surface area (TPSA) is 92.3 Å². The van der Waals surface area contributed by atoms with E-state index in [1.165, 1.54) is 11.3 Å². The molecule has 0 aliphatic carbocycles. The van der Waals surface area contributed by atoms with Crippen LogP contribution in [0.2, 0.25) is 0 Å². The first-order chi connectivity index (χ1) is 18.9. The number of carbonyl (C=O) groups is 1. The summed E-state index contributed by atoms with van der Waals surface area (Å²) in [6.07, 6.45) is 3.58. The number of anilines is 1. The fourth-order valence-electron chi connectivity index (χ4n) is 5.12. The van der Waals surface area contributed by atoms with Crippen molar-refractivity contribution in [3.63, 3.8) is 0 Å². The van der Waals surface area contributed by atoms with Gasteiger partial charge in [-0.25, -0.2) is 13.4 Å². The number of aromatic nitrogens is 1. The third-order valence-electron chi connectivity index (χ3n) is 7.40. The Hall–Kier alpha value is -2.28. The van der Waals surface area contributed by atoms with Crippen molar-refractivity contribution in [2.45, 2.75) is 37.5 Å². The van der Waals surface area contributed by atoms with Crippen molar-refractivity contribution >= 4 is 55.0 Å². The van der Waals surface area contributed by atoms with E-state index in [0.717, 1.165) is 74.3 Å². The Balaban J connectivity index is 0.00000370. The number of hydrogen-bond donors (Lipinski definition) is 0. The minimum atomic E-state index is -3.56. The van der Waals surface area contributed by atoms with E-state index in [4.69, 9.17) is 14.5 Å². The molecule has 2 aromatic carbocycles. The molecule has 0 unspecified atom stereocenters. The van der Waals surface area contributed by atoms with Crippen LogP contribution in [0.5, 0.6) is 5.75 Å². The average molecular weight is 609 g/mol. The summed E-state index contributed by atoms with van der Waals surface area (Å²) in [5.74, 6) is 0.473. The number of methoxy groups -OCH3 is 1. The van der Waals surface area contributed by atoms with Gasteiger partial charge in [0.1, 0.15) is 11.3 Å². The van der Waals surface area contributed by atoms with Crippen LogP contribution in [0.15, 0.2) is 41.3 Å². The van der Waals surface area contributed by atoms with Crippen molar-refractivity contribution in [2.75, 3.05) is 64.5 Å². The lowest BCUT2D eigenvalue weighted by Gasteiger charge is -2.28. The molecule has 0 saturated carbocycles. The number of hydrogen-bond acceptors (Lipinski definition) is 8. The highest BCUT2D eigenvalue weighted by atomic mass is 35.5. The number of fused-ring (bicyclic) bond motifs is 1.